The van der Waals surface area contributed by atoms with Crippen LogP contribution in [-0.2, 0) is 16.0 Å². The van der Waals surface area contributed by atoms with Gasteiger partial charge in [0.2, 0.25) is 5.91 Å². The van der Waals surface area contributed by atoms with E-state index in [4.69, 9.17) is 0 Å². The minimum atomic E-state index is -1.50. The van der Waals surface area contributed by atoms with E-state index in [1.165, 1.54) is 19.1 Å². The maximum atomic E-state index is 12.7. The molecule has 0 aliphatic heterocycles. The van der Waals surface area contributed by atoms with Crippen LogP contribution >= 0.6 is 11.3 Å². The molecule has 1 heterocycles. The number of carbonyl (C=O) groups is 4. The van der Waals surface area contributed by atoms with Crippen molar-refractivity contribution in [3.63, 3.8) is 0 Å². The van der Waals surface area contributed by atoms with E-state index >= 15 is 0 Å². The Kier molecular flexibility index (Phi) is 8.07. The maximum absolute atomic E-state index is 12.7. The molecule has 0 aliphatic rings. The second kappa shape index (κ2) is 11.2. The van der Waals surface area contributed by atoms with Gasteiger partial charge < -0.3 is 36.4 Å². The standard InChI is InChI=1S/C23H22N4O8S/c1-11-19(36-23(25-11)27-18(31)6-12-3-2-4-14(28)5-12)21(33)26-17(22(34)35)10-24-20(32)13-7-15(29)9-16(30)8-13/h2-5,7-9,17,28-30H,6,10H2,1H3,(H,24,32)(H,26,33)(H,34,35)(H,25,27,31). The summed E-state index contributed by atoms with van der Waals surface area (Å²) in [5.74, 6) is -4.06. The number of phenols is 3. The van der Waals surface area contributed by atoms with Crippen LogP contribution < -0.4 is 16.0 Å². The number of hydrogen-bond acceptors (Lipinski definition) is 9. The van der Waals surface area contributed by atoms with Gasteiger partial charge in [-0.25, -0.2) is 9.78 Å². The summed E-state index contributed by atoms with van der Waals surface area (Å²) in [4.78, 5) is 53.0. The van der Waals surface area contributed by atoms with Crippen LogP contribution in [0.2, 0.25) is 0 Å². The minimum absolute atomic E-state index is 0.0218. The van der Waals surface area contributed by atoms with Gasteiger partial charge in [-0.15, -0.1) is 0 Å². The third kappa shape index (κ3) is 6.93. The van der Waals surface area contributed by atoms with E-state index < -0.39 is 36.3 Å². The van der Waals surface area contributed by atoms with Crippen molar-refractivity contribution in [3.8, 4) is 17.2 Å². The predicted octanol–water partition coefficient (Wildman–Crippen LogP) is 1.36. The average Bonchev–Trinajstić information content (AvgIpc) is 3.15. The highest BCUT2D eigenvalue weighted by Crippen LogP contribution is 2.23. The molecule has 1 aromatic heterocycles. The number of hydrogen-bond donors (Lipinski definition) is 7. The summed E-state index contributed by atoms with van der Waals surface area (Å²) in [5.41, 5.74) is 0.729. The predicted molar refractivity (Wildman–Crippen MR) is 128 cm³/mol. The molecule has 13 heteroatoms. The number of carboxylic acids is 1. The van der Waals surface area contributed by atoms with E-state index in [0.717, 1.165) is 29.5 Å². The number of aryl methyl sites for hydroxylation is 1. The van der Waals surface area contributed by atoms with Crippen molar-refractivity contribution < 1.29 is 39.6 Å². The Morgan fingerprint density at radius 2 is 1.67 bits per heavy atom. The number of aromatic nitrogens is 1. The molecule has 7 N–H and O–H groups in total. The van der Waals surface area contributed by atoms with Crippen LogP contribution in [0.3, 0.4) is 0 Å². The number of aliphatic carboxylic acids is 1. The summed E-state index contributed by atoms with van der Waals surface area (Å²) < 4.78 is 0. The normalized spacial score (nSPS) is 11.4. The maximum Gasteiger partial charge on any atom is 0.328 e. The van der Waals surface area contributed by atoms with Crippen LogP contribution in [0.15, 0.2) is 42.5 Å². The molecule has 1 atom stereocenters. The lowest BCUT2D eigenvalue weighted by Gasteiger charge is -2.15. The molecule has 0 fully saturated rings. The van der Waals surface area contributed by atoms with Crippen LogP contribution in [0.25, 0.3) is 0 Å². The highest BCUT2D eigenvalue weighted by Gasteiger charge is 2.25. The van der Waals surface area contributed by atoms with Gasteiger partial charge >= 0.3 is 5.97 Å². The van der Waals surface area contributed by atoms with Gasteiger partial charge in [0, 0.05) is 18.2 Å². The van der Waals surface area contributed by atoms with E-state index in [1.807, 2.05) is 0 Å². The third-order valence-corrected chi connectivity index (χ3v) is 5.83. The molecule has 0 saturated carbocycles. The van der Waals surface area contributed by atoms with Crippen LogP contribution in [0.1, 0.15) is 31.3 Å². The summed E-state index contributed by atoms with van der Waals surface area (Å²) in [7, 11) is 0. The second-order valence-corrected chi connectivity index (χ2v) is 8.64. The fraction of sp³-hybridized carbons (Fsp3) is 0.174. The van der Waals surface area contributed by atoms with Crippen molar-refractivity contribution in [1.29, 1.82) is 0 Å². The first-order valence-corrected chi connectivity index (χ1v) is 11.2. The third-order valence-electron chi connectivity index (χ3n) is 4.76. The van der Waals surface area contributed by atoms with Crippen molar-refractivity contribution >= 4 is 40.2 Å². The number of benzene rings is 2. The van der Waals surface area contributed by atoms with Crippen molar-refractivity contribution in [1.82, 2.24) is 15.6 Å². The lowest BCUT2D eigenvalue weighted by Crippen LogP contribution is -2.48. The number of aromatic hydroxyl groups is 3. The van der Waals surface area contributed by atoms with Gasteiger partial charge in [-0.05, 0) is 36.8 Å². The highest BCUT2D eigenvalue weighted by molar-refractivity contribution is 7.17. The van der Waals surface area contributed by atoms with E-state index in [9.17, 15) is 39.6 Å². The lowest BCUT2D eigenvalue weighted by molar-refractivity contribution is -0.139. The molecule has 0 aliphatic carbocycles. The Bertz CT molecular complexity index is 1300. The number of amides is 3. The molecule has 2 aromatic carbocycles. The smallest absolute Gasteiger partial charge is 0.328 e. The van der Waals surface area contributed by atoms with Gasteiger partial charge in [0.15, 0.2) is 5.13 Å². The van der Waals surface area contributed by atoms with E-state index in [0.29, 0.717) is 5.56 Å². The number of carboxylic acid groups (broad SMARTS) is 1. The van der Waals surface area contributed by atoms with Gasteiger partial charge in [0.1, 0.15) is 28.2 Å². The van der Waals surface area contributed by atoms with Gasteiger partial charge in [0.25, 0.3) is 11.8 Å². The Hall–Kier alpha value is -4.65. The molecule has 3 rings (SSSR count). The Morgan fingerprint density at radius 1 is 0.972 bits per heavy atom. The van der Waals surface area contributed by atoms with Gasteiger partial charge in [-0.2, -0.15) is 0 Å². The van der Waals surface area contributed by atoms with Crippen LogP contribution in [0, 0.1) is 6.92 Å². The molecule has 188 valence electrons. The highest BCUT2D eigenvalue weighted by atomic mass is 32.1. The molecule has 0 spiro atoms. The Labute approximate surface area is 208 Å². The number of rotatable bonds is 9. The largest absolute Gasteiger partial charge is 0.508 e. The Balaban J connectivity index is 1.61. The second-order valence-electron chi connectivity index (χ2n) is 7.64. The van der Waals surface area contributed by atoms with Crippen LogP contribution in [0.4, 0.5) is 5.13 Å². The zero-order chi connectivity index (χ0) is 26.4. The first-order chi connectivity index (χ1) is 17.0. The molecule has 1 unspecified atom stereocenters. The average molecular weight is 515 g/mol. The first kappa shape index (κ1) is 26.0. The number of nitrogens with one attached hydrogen (secondary N) is 3. The monoisotopic (exact) mass is 514 g/mol. The van der Waals surface area contributed by atoms with E-state index in [-0.39, 0.29) is 44.9 Å². The fourth-order valence-corrected chi connectivity index (χ4v) is 4.01. The summed E-state index contributed by atoms with van der Waals surface area (Å²) in [6.45, 7) is 1.03. The number of carbonyl (C=O) groups excluding carboxylic acids is 3. The van der Waals surface area contributed by atoms with E-state index in [2.05, 4.69) is 20.9 Å². The number of thiazole rings is 1. The zero-order valence-corrected chi connectivity index (χ0v) is 19.6. The van der Waals surface area contributed by atoms with Gasteiger partial charge in [0.05, 0.1) is 12.1 Å². The van der Waals surface area contributed by atoms with Crippen molar-refractivity contribution in [2.24, 2.45) is 0 Å². The fourth-order valence-electron chi connectivity index (χ4n) is 3.12. The van der Waals surface area contributed by atoms with Crippen molar-refractivity contribution in [3.05, 3.63) is 64.2 Å². The van der Waals surface area contributed by atoms with Crippen molar-refractivity contribution in [2.45, 2.75) is 19.4 Å². The minimum Gasteiger partial charge on any atom is -0.508 e. The molecule has 0 radical (unpaired) electrons. The molecule has 0 bridgehead atoms. The van der Waals surface area contributed by atoms with Gasteiger partial charge in [-0.3, -0.25) is 14.4 Å². The summed E-state index contributed by atoms with van der Waals surface area (Å²) >= 11 is 0.847. The molecule has 3 amide bonds. The topological polar surface area (TPSA) is 198 Å². The summed E-state index contributed by atoms with van der Waals surface area (Å²) in [6.07, 6.45) is -0.0354. The number of phenolic OH excluding ortho intramolecular Hbond substituents is 3. The van der Waals surface area contributed by atoms with Crippen molar-refractivity contribution in [2.75, 3.05) is 11.9 Å². The number of anilines is 1. The Morgan fingerprint density at radius 3 is 2.31 bits per heavy atom. The van der Waals surface area contributed by atoms with Crippen LogP contribution in [-0.4, -0.2) is 61.7 Å². The van der Waals surface area contributed by atoms with E-state index in [1.54, 1.807) is 12.1 Å². The van der Waals surface area contributed by atoms with Crippen LogP contribution in [0.5, 0.6) is 17.2 Å². The molecule has 12 nitrogen and oxygen atoms in total. The quantitative estimate of drug-likeness (QED) is 0.220. The molecule has 0 saturated heterocycles. The first-order valence-electron chi connectivity index (χ1n) is 10.4. The molecule has 3 aromatic rings. The summed E-state index contributed by atoms with van der Waals surface area (Å²) in [6, 6.07) is 7.88. The zero-order valence-electron chi connectivity index (χ0n) is 18.8. The SMILES string of the molecule is Cc1nc(NC(=O)Cc2cccc(O)c2)sc1C(=O)NC(CNC(=O)c1cc(O)cc(O)c1)C(=O)O. The number of nitrogens with zero attached hydrogens (tertiary/aromatic N) is 1. The lowest BCUT2D eigenvalue weighted by atomic mass is 10.1. The molecular weight excluding hydrogens is 492 g/mol. The molecular formula is C23H22N4O8S. The molecule has 36 heavy (non-hydrogen) atoms. The summed E-state index contributed by atoms with van der Waals surface area (Å²) in [5, 5.41) is 45.3. The van der Waals surface area contributed by atoms with Gasteiger partial charge in [-0.1, -0.05) is 23.5 Å².